The summed E-state index contributed by atoms with van der Waals surface area (Å²) >= 11 is 0. The molecule has 5 heteroatoms. The van der Waals surface area contributed by atoms with Crippen LogP contribution in [0, 0.1) is 15.9 Å². The number of nitrogens with zero attached hydrogens (tertiary/aromatic N) is 2. The van der Waals surface area contributed by atoms with Crippen molar-refractivity contribution < 1.29 is 9.31 Å². The Morgan fingerprint density at radius 2 is 1.94 bits per heavy atom. The largest absolute Gasteiger partial charge is 0.364 e. The minimum Gasteiger partial charge on any atom is -0.364 e. The molecule has 1 aromatic carbocycles. The first-order valence-corrected chi connectivity index (χ1v) is 5.38. The molecular weight excluding hydrogens is 211 g/mol. The Labute approximate surface area is 92.8 Å². The van der Waals surface area contributed by atoms with E-state index in [2.05, 4.69) is 0 Å². The molecule has 0 bridgehead atoms. The Morgan fingerprint density at radius 3 is 2.56 bits per heavy atom. The number of para-hydroxylation sites is 1. The number of hydrogen-bond acceptors (Lipinski definition) is 3. The molecular formula is C11H13FN2O2. The summed E-state index contributed by atoms with van der Waals surface area (Å²) in [6, 6.07) is 4.00. The lowest BCUT2D eigenvalue weighted by atomic mass is 10.1. The predicted octanol–water partition coefficient (Wildman–Crippen LogP) is 2.72. The standard InChI is InChI=1S/C11H13FN2O2/c12-9-5-4-6-10(14(15)16)11(9)13-7-2-1-3-8-13/h4-6H,1-3,7-8H2. The zero-order chi connectivity index (χ0) is 11.5. The lowest BCUT2D eigenvalue weighted by Crippen LogP contribution is -2.30. The fraction of sp³-hybridized carbons (Fsp3) is 0.455. The highest BCUT2D eigenvalue weighted by molar-refractivity contribution is 5.64. The van der Waals surface area contributed by atoms with Crippen LogP contribution in [0.4, 0.5) is 15.8 Å². The summed E-state index contributed by atoms with van der Waals surface area (Å²) in [4.78, 5) is 12.1. The van der Waals surface area contributed by atoms with Gasteiger partial charge in [0.15, 0.2) is 11.5 Å². The van der Waals surface area contributed by atoms with Gasteiger partial charge in [0.2, 0.25) is 0 Å². The first-order valence-electron chi connectivity index (χ1n) is 5.38. The number of rotatable bonds is 2. The lowest BCUT2D eigenvalue weighted by molar-refractivity contribution is -0.384. The number of hydrogen-bond donors (Lipinski definition) is 0. The van der Waals surface area contributed by atoms with Gasteiger partial charge in [0.05, 0.1) is 4.92 Å². The van der Waals surface area contributed by atoms with Crippen LogP contribution >= 0.6 is 0 Å². The van der Waals surface area contributed by atoms with Crippen molar-refractivity contribution in [1.29, 1.82) is 0 Å². The van der Waals surface area contributed by atoms with Crippen LogP contribution in [0.1, 0.15) is 19.3 Å². The molecule has 0 aliphatic carbocycles. The van der Waals surface area contributed by atoms with Crippen molar-refractivity contribution in [3.8, 4) is 0 Å². The molecule has 0 N–H and O–H groups in total. The van der Waals surface area contributed by atoms with E-state index in [0.29, 0.717) is 13.1 Å². The maximum Gasteiger partial charge on any atom is 0.295 e. The van der Waals surface area contributed by atoms with Crippen molar-refractivity contribution in [3.05, 3.63) is 34.1 Å². The van der Waals surface area contributed by atoms with Gasteiger partial charge in [0.1, 0.15) is 0 Å². The quantitative estimate of drug-likeness (QED) is 0.573. The van der Waals surface area contributed by atoms with E-state index in [1.54, 1.807) is 4.90 Å². The van der Waals surface area contributed by atoms with Gasteiger partial charge in [-0.25, -0.2) is 4.39 Å². The Balaban J connectivity index is 2.40. The monoisotopic (exact) mass is 224 g/mol. The summed E-state index contributed by atoms with van der Waals surface area (Å²) in [6.45, 7) is 1.39. The highest BCUT2D eigenvalue weighted by atomic mass is 19.1. The molecule has 0 atom stereocenters. The normalized spacial score (nSPS) is 16.2. The molecule has 1 heterocycles. The van der Waals surface area contributed by atoms with Gasteiger partial charge in [-0.15, -0.1) is 0 Å². The van der Waals surface area contributed by atoms with Crippen LogP contribution in [0.15, 0.2) is 18.2 Å². The molecule has 2 rings (SSSR count). The molecule has 16 heavy (non-hydrogen) atoms. The fourth-order valence-corrected chi connectivity index (χ4v) is 2.08. The van der Waals surface area contributed by atoms with E-state index in [4.69, 9.17) is 0 Å². The highest BCUT2D eigenvalue weighted by Crippen LogP contribution is 2.32. The number of nitro groups is 1. The Hall–Kier alpha value is -1.65. The van der Waals surface area contributed by atoms with Gasteiger partial charge in [0.25, 0.3) is 5.69 Å². The zero-order valence-corrected chi connectivity index (χ0v) is 8.86. The Kier molecular flexibility index (Phi) is 3.03. The van der Waals surface area contributed by atoms with E-state index in [0.717, 1.165) is 19.3 Å². The molecule has 1 saturated heterocycles. The van der Waals surface area contributed by atoms with Crippen LogP contribution < -0.4 is 4.90 Å². The third kappa shape index (κ3) is 1.98. The molecule has 0 aromatic heterocycles. The van der Waals surface area contributed by atoms with Crippen molar-refractivity contribution in [2.45, 2.75) is 19.3 Å². The lowest BCUT2D eigenvalue weighted by Gasteiger charge is -2.28. The van der Waals surface area contributed by atoms with Gasteiger partial charge in [-0.3, -0.25) is 10.1 Å². The molecule has 1 aliphatic heterocycles. The summed E-state index contributed by atoms with van der Waals surface area (Å²) in [5.41, 5.74) is 0.00843. The van der Waals surface area contributed by atoms with Crippen LogP contribution in [-0.2, 0) is 0 Å². The molecule has 4 nitrogen and oxygen atoms in total. The van der Waals surface area contributed by atoms with E-state index in [1.165, 1.54) is 18.2 Å². The maximum absolute atomic E-state index is 13.6. The third-order valence-electron chi connectivity index (χ3n) is 2.83. The first kappa shape index (κ1) is 10.9. The number of nitro benzene ring substituents is 1. The molecule has 0 radical (unpaired) electrons. The molecule has 0 amide bonds. The second kappa shape index (κ2) is 4.47. The maximum atomic E-state index is 13.6. The van der Waals surface area contributed by atoms with Crippen LogP contribution in [0.5, 0.6) is 0 Å². The van der Waals surface area contributed by atoms with E-state index >= 15 is 0 Å². The molecule has 1 aliphatic rings. The number of anilines is 1. The van der Waals surface area contributed by atoms with Gasteiger partial charge < -0.3 is 4.90 Å². The smallest absolute Gasteiger partial charge is 0.295 e. The summed E-state index contributed by atoms with van der Waals surface area (Å²) < 4.78 is 13.6. The van der Waals surface area contributed by atoms with Gasteiger partial charge >= 0.3 is 0 Å². The highest BCUT2D eigenvalue weighted by Gasteiger charge is 2.24. The molecule has 0 saturated carbocycles. The minimum absolute atomic E-state index is 0.137. The summed E-state index contributed by atoms with van der Waals surface area (Å²) in [5, 5.41) is 10.8. The Bertz CT molecular complexity index is 403. The van der Waals surface area contributed by atoms with Crippen LogP contribution in [0.2, 0.25) is 0 Å². The third-order valence-corrected chi connectivity index (χ3v) is 2.83. The number of halogens is 1. The second-order valence-electron chi connectivity index (χ2n) is 3.91. The topological polar surface area (TPSA) is 46.4 Å². The van der Waals surface area contributed by atoms with Gasteiger partial charge in [-0.05, 0) is 25.3 Å². The number of benzene rings is 1. The zero-order valence-electron chi connectivity index (χ0n) is 8.86. The first-order chi connectivity index (χ1) is 7.70. The van der Waals surface area contributed by atoms with E-state index in [9.17, 15) is 14.5 Å². The van der Waals surface area contributed by atoms with Crippen molar-refractivity contribution in [2.24, 2.45) is 0 Å². The fourth-order valence-electron chi connectivity index (χ4n) is 2.08. The SMILES string of the molecule is O=[N+]([O-])c1cccc(F)c1N1CCCCC1. The summed E-state index contributed by atoms with van der Waals surface area (Å²) in [6.07, 6.45) is 3.04. The van der Waals surface area contributed by atoms with Gasteiger partial charge in [-0.2, -0.15) is 0 Å². The van der Waals surface area contributed by atoms with Crippen LogP contribution in [-0.4, -0.2) is 18.0 Å². The van der Waals surface area contributed by atoms with Crippen molar-refractivity contribution in [2.75, 3.05) is 18.0 Å². The van der Waals surface area contributed by atoms with E-state index in [-0.39, 0.29) is 11.4 Å². The second-order valence-corrected chi connectivity index (χ2v) is 3.91. The van der Waals surface area contributed by atoms with Gasteiger partial charge in [-0.1, -0.05) is 6.07 Å². The predicted molar refractivity (Wildman–Crippen MR) is 59.1 cm³/mol. The summed E-state index contributed by atoms with van der Waals surface area (Å²) in [5.74, 6) is -0.504. The van der Waals surface area contributed by atoms with Crippen molar-refractivity contribution >= 4 is 11.4 Å². The van der Waals surface area contributed by atoms with Crippen molar-refractivity contribution in [3.63, 3.8) is 0 Å². The molecule has 0 spiro atoms. The van der Waals surface area contributed by atoms with Crippen LogP contribution in [0.3, 0.4) is 0 Å². The van der Waals surface area contributed by atoms with Crippen molar-refractivity contribution in [1.82, 2.24) is 0 Å². The summed E-state index contributed by atoms with van der Waals surface area (Å²) in [7, 11) is 0. The van der Waals surface area contributed by atoms with E-state index < -0.39 is 10.7 Å². The van der Waals surface area contributed by atoms with E-state index in [1.807, 2.05) is 0 Å². The molecule has 1 fully saturated rings. The minimum atomic E-state index is -0.521. The average Bonchev–Trinajstić information content (AvgIpc) is 2.29. The molecule has 1 aromatic rings. The van der Waals surface area contributed by atoms with Crippen LogP contribution in [0.25, 0.3) is 0 Å². The Morgan fingerprint density at radius 1 is 1.25 bits per heavy atom. The average molecular weight is 224 g/mol. The number of piperidine rings is 1. The molecule has 86 valence electrons. The van der Waals surface area contributed by atoms with Gasteiger partial charge in [0, 0.05) is 19.2 Å². The molecule has 0 unspecified atom stereocenters.